The first-order chi connectivity index (χ1) is 9.28. The average Bonchev–Trinajstić information content (AvgIpc) is 2.61. The standard InChI is InChI=1S/C11H13F2N3O4/c1-2-5(17)7-8(18)11(12,13)9(20-7)16-4-3-6(14)15-10(16)19/h2-5,7-9,17-18H,1H2,(H2,14,15,19)/t5-,7-,8-,9?/m1/s1. The first-order valence-corrected chi connectivity index (χ1v) is 5.65. The summed E-state index contributed by atoms with van der Waals surface area (Å²) in [6.45, 7) is 3.23. The maximum atomic E-state index is 14.0. The van der Waals surface area contributed by atoms with Crippen LogP contribution in [0, 0.1) is 0 Å². The van der Waals surface area contributed by atoms with Crippen molar-refractivity contribution in [1.29, 1.82) is 0 Å². The summed E-state index contributed by atoms with van der Waals surface area (Å²) in [6, 6.07) is 1.14. The van der Waals surface area contributed by atoms with Crippen LogP contribution in [0.1, 0.15) is 6.23 Å². The Balaban J connectivity index is 2.42. The Morgan fingerprint density at radius 3 is 2.85 bits per heavy atom. The molecule has 1 aliphatic heterocycles. The number of alkyl halides is 2. The summed E-state index contributed by atoms with van der Waals surface area (Å²) in [5.74, 6) is -3.91. The largest absolute Gasteiger partial charge is 0.386 e. The van der Waals surface area contributed by atoms with Crippen LogP contribution in [0.5, 0.6) is 0 Å². The molecule has 1 fully saturated rings. The molecule has 9 heteroatoms. The predicted octanol–water partition coefficient (Wildman–Crippen LogP) is -0.734. The monoisotopic (exact) mass is 289 g/mol. The molecule has 0 bridgehead atoms. The number of halogens is 2. The second-order valence-corrected chi connectivity index (χ2v) is 4.34. The summed E-state index contributed by atoms with van der Waals surface area (Å²) in [7, 11) is 0. The Morgan fingerprint density at radius 2 is 2.30 bits per heavy atom. The van der Waals surface area contributed by atoms with E-state index in [0.29, 0.717) is 4.57 Å². The normalized spacial score (nSPS) is 30.1. The van der Waals surface area contributed by atoms with Crippen LogP contribution >= 0.6 is 0 Å². The van der Waals surface area contributed by atoms with E-state index in [9.17, 15) is 23.8 Å². The highest BCUT2D eigenvalue weighted by atomic mass is 19.3. The van der Waals surface area contributed by atoms with Gasteiger partial charge in [0.15, 0.2) is 6.10 Å². The molecule has 20 heavy (non-hydrogen) atoms. The van der Waals surface area contributed by atoms with Crippen molar-refractivity contribution in [2.75, 3.05) is 5.73 Å². The molecule has 110 valence electrons. The number of hydrogen-bond acceptors (Lipinski definition) is 6. The predicted molar refractivity (Wildman–Crippen MR) is 64.0 cm³/mol. The smallest absolute Gasteiger partial charge is 0.351 e. The number of rotatable bonds is 3. The van der Waals surface area contributed by atoms with Crippen LogP contribution in [0.25, 0.3) is 0 Å². The first-order valence-electron chi connectivity index (χ1n) is 5.65. The van der Waals surface area contributed by atoms with Crippen LogP contribution < -0.4 is 11.4 Å². The summed E-state index contributed by atoms with van der Waals surface area (Å²) in [5.41, 5.74) is 4.22. The zero-order valence-corrected chi connectivity index (χ0v) is 10.2. The fourth-order valence-electron chi connectivity index (χ4n) is 1.94. The Hall–Kier alpha value is -1.84. The molecule has 4 N–H and O–H groups in total. The Bertz CT molecular complexity index is 577. The maximum Gasteiger partial charge on any atom is 0.351 e. The van der Waals surface area contributed by atoms with Crippen molar-refractivity contribution in [2.45, 2.75) is 30.5 Å². The molecule has 0 aromatic carbocycles. The fraction of sp³-hybridized carbons (Fsp3) is 0.455. The molecule has 1 saturated heterocycles. The van der Waals surface area contributed by atoms with Crippen LogP contribution in [0.3, 0.4) is 0 Å². The van der Waals surface area contributed by atoms with Gasteiger partial charge in [0.2, 0.25) is 6.23 Å². The molecule has 0 radical (unpaired) electrons. The molecule has 2 rings (SSSR count). The number of nitrogens with zero attached hydrogens (tertiary/aromatic N) is 2. The molecule has 1 aliphatic rings. The molecule has 0 spiro atoms. The molecule has 2 heterocycles. The lowest BCUT2D eigenvalue weighted by molar-refractivity contribution is -0.141. The molecule has 1 unspecified atom stereocenters. The molecule has 4 atom stereocenters. The van der Waals surface area contributed by atoms with E-state index in [1.165, 1.54) is 0 Å². The summed E-state index contributed by atoms with van der Waals surface area (Å²) < 4.78 is 33.4. The van der Waals surface area contributed by atoms with Crippen molar-refractivity contribution < 1.29 is 23.7 Å². The lowest BCUT2D eigenvalue weighted by Gasteiger charge is -2.20. The fourth-order valence-corrected chi connectivity index (χ4v) is 1.94. The number of nitrogen functional groups attached to an aromatic ring is 1. The van der Waals surface area contributed by atoms with Gasteiger partial charge in [-0.3, -0.25) is 4.57 Å². The van der Waals surface area contributed by atoms with Gasteiger partial charge in [-0.25, -0.2) is 4.79 Å². The van der Waals surface area contributed by atoms with Crippen molar-refractivity contribution >= 4 is 5.82 Å². The number of aromatic nitrogens is 2. The third-order valence-corrected chi connectivity index (χ3v) is 3.00. The van der Waals surface area contributed by atoms with E-state index in [-0.39, 0.29) is 5.82 Å². The number of nitrogens with two attached hydrogens (primary N) is 1. The van der Waals surface area contributed by atoms with Gasteiger partial charge in [-0.05, 0) is 6.07 Å². The molecule has 1 aromatic heterocycles. The van der Waals surface area contributed by atoms with Gasteiger partial charge < -0.3 is 20.7 Å². The van der Waals surface area contributed by atoms with Crippen LogP contribution in [0.4, 0.5) is 14.6 Å². The number of ether oxygens (including phenoxy) is 1. The summed E-state index contributed by atoms with van der Waals surface area (Å²) >= 11 is 0. The van der Waals surface area contributed by atoms with Gasteiger partial charge in [-0.1, -0.05) is 6.08 Å². The number of aliphatic hydroxyl groups excluding tert-OH is 2. The van der Waals surface area contributed by atoms with Crippen LogP contribution in [0.15, 0.2) is 29.7 Å². The Kier molecular flexibility index (Phi) is 3.59. The zero-order valence-electron chi connectivity index (χ0n) is 10.2. The second-order valence-electron chi connectivity index (χ2n) is 4.34. The van der Waals surface area contributed by atoms with Gasteiger partial charge in [-0.2, -0.15) is 13.8 Å². The molecule has 1 aromatic rings. The van der Waals surface area contributed by atoms with E-state index < -0.39 is 36.2 Å². The maximum absolute atomic E-state index is 14.0. The van der Waals surface area contributed by atoms with Crippen LogP contribution in [-0.2, 0) is 4.74 Å². The first kappa shape index (κ1) is 14.6. The average molecular weight is 289 g/mol. The highest BCUT2D eigenvalue weighted by molar-refractivity contribution is 5.23. The minimum atomic E-state index is -3.78. The number of anilines is 1. The molecule has 0 amide bonds. The minimum absolute atomic E-state index is 0.129. The summed E-state index contributed by atoms with van der Waals surface area (Å²) in [4.78, 5) is 14.9. The van der Waals surface area contributed by atoms with Crippen molar-refractivity contribution in [2.24, 2.45) is 0 Å². The Morgan fingerprint density at radius 1 is 1.65 bits per heavy atom. The lowest BCUT2D eigenvalue weighted by atomic mass is 10.0. The third kappa shape index (κ3) is 2.19. The third-order valence-electron chi connectivity index (χ3n) is 3.00. The minimum Gasteiger partial charge on any atom is -0.386 e. The zero-order chi connectivity index (χ0) is 15.1. The van der Waals surface area contributed by atoms with Gasteiger partial charge in [0.05, 0.1) is 0 Å². The SMILES string of the molecule is C=C[C@@H](O)[C@H]1OC(n2ccc(N)nc2=O)C(F)(F)[C@@H]1O. The molecule has 0 saturated carbocycles. The van der Waals surface area contributed by atoms with Gasteiger partial charge in [0, 0.05) is 6.20 Å². The van der Waals surface area contributed by atoms with Gasteiger partial charge in [-0.15, -0.1) is 6.58 Å². The quantitative estimate of drug-likeness (QED) is 0.632. The van der Waals surface area contributed by atoms with E-state index in [4.69, 9.17) is 10.5 Å². The molecular weight excluding hydrogens is 276 g/mol. The number of aliphatic hydroxyl groups is 2. The lowest BCUT2D eigenvalue weighted by Crippen LogP contribution is -2.43. The van der Waals surface area contributed by atoms with E-state index in [2.05, 4.69) is 11.6 Å². The molecule has 0 aliphatic carbocycles. The van der Waals surface area contributed by atoms with E-state index in [1.807, 2.05) is 0 Å². The van der Waals surface area contributed by atoms with Gasteiger partial charge >= 0.3 is 11.6 Å². The van der Waals surface area contributed by atoms with E-state index >= 15 is 0 Å². The van der Waals surface area contributed by atoms with Gasteiger partial charge in [0.25, 0.3) is 0 Å². The second kappa shape index (κ2) is 4.93. The van der Waals surface area contributed by atoms with Crippen molar-refractivity contribution in [3.63, 3.8) is 0 Å². The van der Waals surface area contributed by atoms with Crippen molar-refractivity contribution in [3.8, 4) is 0 Å². The van der Waals surface area contributed by atoms with E-state index in [0.717, 1.165) is 18.3 Å². The topological polar surface area (TPSA) is 111 Å². The van der Waals surface area contributed by atoms with Crippen LogP contribution in [-0.4, -0.2) is 44.0 Å². The molecular formula is C11H13F2N3O4. The molecule has 7 nitrogen and oxygen atoms in total. The van der Waals surface area contributed by atoms with E-state index in [1.54, 1.807) is 0 Å². The van der Waals surface area contributed by atoms with Crippen LogP contribution in [0.2, 0.25) is 0 Å². The highest BCUT2D eigenvalue weighted by Gasteiger charge is 2.61. The summed E-state index contributed by atoms with van der Waals surface area (Å²) in [6.07, 6.45) is -5.53. The van der Waals surface area contributed by atoms with Crippen molar-refractivity contribution in [3.05, 3.63) is 35.4 Å². The van der Waals surface area contributed by atoms with Crippen molar-refractivity contribution in [1.82, 2.24) is 9.55 Å². The Labute approximate surface area is 111 Å². The van der Waals surface area contributed by atoms with Gasteiger partial charge in [0.1, 0.15) is 18.0 Å². The highest BCUT2D eigenvalue weighted by Crippen LogP contribution is 2.43. The number of hydrogen-bond donors (Lipinski definition) is 3. The summed E-state index contributed by atoms with van der Waals surface area (Å²) in [5, 5.41) is 19.0.